The van der Waals surface area contributed by atoms with Crippen molar-refractivity contribution < 1.29 is 0 Å². The molecule has 0 aliphatic rings. The van der Waals surface area contributed by atoms with Crippen molar-refractivity contribution in [3.8, 4) is 0 Å². The summed E-state index contributed by atoms with van der Waals surface area (Å²) in [6.45, 7) is 3.09. The Balaban J connectivity index is 1.90. The molecule has 3 rings (SSSR count). The zero-order valence-corrected chi connectivity index (χ0v) is 9.69. The van der Waals surface area contributed by atoms with Gasteiger partial charge >= 0.3 is 0 Å². The first-order valence-electron chi connectivity index (χ1n) is 5.72. The summed E-state index contributed by atoms with van der Waals surface area (Å²) in [5.41, 5.74) is 1.27. The molecule has 1 atom stereocenters. The van der Waals surface area contributed by atoms with Crippen LogP contribution in [0.25, 0.3) is 10.9 Å². The Hall–Kier alpha value is -2.10. The number of benzene rings is 1. The van der Waals surface area contributed by atoms with Crippen LogP contribution in [-0.4, -0.2) is 19.3 Å². The van der Waals surface area contributed by atoms with Gasteiger partial charge in [-0.1, -0.05) is 18.2 Å². The number of nitrogens with zero attached hydrogens (tertiary/aromatic N) is 4. The van der Waals surface area contributed by atoms with Crippen LogP contribution in [0, 0.1) is 0 Å². The standard InChI is InChI=1S/C13H14N4/c1-11(17-9-14-15-10-17)8-16-7-6-12-4-2-3-5-13(12)16/h2-7,9-11H,8H2,1H3/t11-/m1/s1. The van der Waals surface area contributed by atoms with Crippen molar-refractivity contribution in [1.29, 1.82) is 0 Å². The third-order valence-electron chi connectivity index (χ3n) is 3.09. The lowest BCUT2D eigenvalue weighted by atomic mass is 10.2. The molecule has 1 aromatic carbocycles. The highest BCUT2D eigenvalue weighted by molar-refractivity contribution is 5.79. The third kappa shape index (κ3) is 1.82. The maximum absolute atomic E-state index is 3.84. The molecule has 0 aliphatic heterocycles. The van der Waals surface area contributed by atoms with E-state index >= 15 is 0 Å². The van der Waals surface area contributed by atoms with E-state index in [1.807, 2.05) is 4.57 Å². The smallest absolute Gasteiger partial charge is 0.119 e. The van der Waals surface area contributed by atoms with Crippen LogP contribution < -0.4 is 0 Å². The topological polar surface area (TPSA) is 35.6 Å². The molecule has 0 saturated heterocycles. The molecule has 3 aromatic rings. The molecule has 2 heterocycles. The molecular weight excluding hydrogens is 212 g/mol. The molecule has 0 radical (unpaired) electrons. The second kappa shape index (κ2) is 4.05. The minimum atomic E-state index is 0.348. The van der Waals surface area contributed by atoms with Gasteiger partial charge in [-0.2, -0.15) is 0 Å². The summed E-state index contributed by atoms with van der Waals surface area (Å²) in [5.74, 6) is 0. The van der Waals surface area contributed by atoms with Gasteiger partial charge in [-0.25, -0.2) is 0 Å². The highest BCUT2D eigenvalue weighted by Gasteiger charge is 2.07. The van der Waals surface area contributed by atoms with E-state index in [2.05, 4.69) is 58.2 Å². The van der Waals surface area contributed by atoms with Crippen molar-refractivity contribution >= 4 is 10.9 Å². The average molecular weight is 226 g/mol. The van der Waals surface area contributed by atoms with Crippen LogP contribution in [-0.2, 0) is 6.54 Å². The van der Waals surface area contributed by atoms with Crippen LogP contribution in [0.1, 0.15) is 13.0 Å². The summed E-state index contributed by atoms with van der Waals surface area (Å²) in [6.07, 6.45) is 5.65. The fourth-order valence-electron chi connectivity index (χ4n) is 2.12. The minimum absolute atomic E-state index is 0.348. The Morgan fingerprint density at radius 3 is 2.71 bits per heavy atom. The van der Waals surface area contributed by atoms with Gasteiger partial charge in [-0.05, 0) is 24.4 Å². The summed E-state index contributed by atoms with van der Waals surface area (Å²) >= 11 is 0. The van der Waals surface area contributed by atoms with Gasteiger partial charge < -0.3 is 9.13 Å². The predicted molar refractivity (Wildman–Crippen MR) is 66.7 cm³/mol. The van der Waals surface area contributed by atoms with Crippen LogP contribution in [0.15, 0.2) is 49.2 Å². The molecule has 2 aromatic heterocycles. The van der Waals surface area contributed by atoms with Crippen molar-refractivity contribution in [2.24, 2.45) is 0 Å². The Morgan fingerprint density at radius 1 is 1.12 bits per heavy atom. The quantitative estimate of drug-likeness (QED) is 0.687. The summed E-state index contributed by atoms with van der Waals surface area (Å²) < 4.78 is 4.29. The fraction of sp³-hybridized carbons (Fsp3) is 0.231. The lowest BCUT2D eigenvalue weighted by Crippen LogP contribution is -2.10. The molecule has 17 heavy (non-hydrogen) atoms. The number of para-hydroxylation sites is 1. The van der Waals surface area contributed by atoms with E-state index < -0.39 is 0 Å². The first-order chi connectivity index (χ1) is 8.34. The summed E-state index contributed by atoms with van der Waals surface area (Å²) in [6, 6.07) is 10.9. The lowest BCUT2D eigenvalue weighted by molar-refractivity contribution is 0.471. The zero-order chi connectivity index (χ0) is 11.7. The highest BCUT2D eigenvalue weighted by atomic mass is 15.2. The van der Waals surface area contributed by atoms with Crippen LogP contribution in [0.3, 0.4) is 0 Å². The van der Waals surface area contributed by atoms with Gasteiger partial charge in [-0.15, -0.1) is 10.2 Å². The zero-order valence-electron chi connectivity index (χ0n) is 9.69. The summed E-state index contributed by atoms with van der Waals surface area (Å²) in [4.78, 5) is 0. The van der Waals surface area contributed by atoms with Crippen molar-refractivity contribution in [3.05, 3.63) is 49.2 Å². The molecule has 0 spiro atoms. The highest BCUT2D eigenvalue weighted by Crippen LogP contribution is 2.17. The average Bonchev–Trinajstić information content (AvgIpc) is 2.98. The first kappa shape index (κ1) is 10.1. The maximum Gasteiger partial charge on any atom is 0.119 e. The van der Waals surface area contributed by atoms with Gasteiger partial charge in [0.25, 0.3) is 0 Å². The van der Waals surface area contributed by atoms with E-state index in [1.165, 1.54) is 10.9 Å². The number of hydrogen-bond acceptors (Lipinski definition) is 2. The van der Waals surface area contributed by atoms with Crippen LogP contribution in [0.2, 0.25) is 0 Å². The van der Waals surface area contributed by atoms with Gasteiger partial charge in [0.1, 0.15) is 12.7 Å². The second-order valence-corrected chi connectivity index (χ2v) is 4.29. The molecule has 0 bridgehead atoms. The number of fused-ring (bicyclic) bond motifs is 1. The Morgan fingerprint density at radius 2 is 1.88 bits per heavy atom. The van der Waals surface area contributed by atoms with Crippen LogP contribution >= 0.6 is 0 Å². The van der Waals surface area contributed by atoms with E-state index in [1.54, 1.807) is 12.7 Å². The number of hydrogen-bond donors (Lipinski definition) is 0. The van der Waals surface area contributed by atoms with Gasteiger partial charge in [0.2, 0.25) is 0 Å². The minimum Gasteiger partial charge on any atom is -0.345 e. The van der Waals surface area contributed by atoms with E-state index in [9.17, 15) is 0 Å². The summed E-state index contributed by atoms with van der Waals surface area (Å²) in [7, 11) is 0. The van der Waals surface area contributed by atoms with Gasteiger partial charge in [0.15, 0.2) is 0 Å². The van der Waals surface area contributed by atoms with Crippen LogP contribution in [0.4, 0.5) is 0 Å². The Labute approximate surface area is 99.5 Å². The lowest BCUT2D eigenvalue weighted by Gasteiger charge is -2.14. The Bertz CT molecular complexity index is 609. The molecule has 0 aliphatic carbocycles. The number of aromatic nitrogens is 4. The predicted octanol–water partition coefficient (Wildman–Crippen LogP) is 2.49. The molecule has 4 heteroatoms. The van der Waals surface area contributed by atoms with Crippen LogP contribution in [0.5, 0.6) is 0 Å². The molecule has 86 valence electrons. The van der Waals surface area contributed by atoms with E-state index in [4.69, 9.17) is 0 Å². The molecule has 0 unspecified atom stereocenters. The molecule has 0 fully saturated rings. The van der Waals surface area contributed by atoms with Crippen molar-refractivity contribution in [3.63, 3.8) is 0 Å². The Kier molecular flexibility index (Phi) is 2.40. The molecule has 0 amide bonds. The largest absolute Gasteiger partial charge is 0.345 e. The van der Waals surface area contributed by atoms with Crippen molar-refractivity contribution in [2.45, 2.75) is 19.5 Å². The first-order valence-corrected chi connectivity index (χ1v) is 5.72. The van der Waals surface area contributed by atoms with Crippen molar-refractivity contribution in [1.82, 2.24) is 19.3 Å². The van der Waals surface area contributed by atoms with Crippen molar-refractivity contribution in [2.75, 3.05) is 0 Å². The monoisotopic (exact) mass is 226 g/mol. The van der Waals surface area contributed by atoms with Gasteiger partial charge in [0.05, 0.1) is 6.04 Å². The van der Waals surface area contributed by atoms with Gasteiger partial charge in [-0.3, -0.25) is 0 Å². The van der Waals surface area contributed by atoms with E-state index in [-0.39, 0.29) is 0 Å². The molecule has 0 saturated carbocycles. The molecular formula is C13H14N4. The maximum atomic E-state index is 3.84. The van der Waals surface area contributed by atoms with E-state index in [0.717, 1.165) is 6.54 Å². The molecule has 4 nitrogen and oxygen atoms in total. The second-order valence-electron chi connectivity index (χ2n) is 4.29. The fourth-order valence-corrected chi connectivity index (χ4v) is 2.12. The SMILES string of the molecule is C[C@H](Cn1ccc2ccccc21)n1cnnc1. The van der Waals surface area contributed by atoms with Gasteiger partial charge in [0, 0.05) is 18.3 Å². The molecule has 0 N–H and O–H groups in total. The van der Waals surface area contributed by atoms with E-state index in [0.29, 0.717) is 6.04 Å². The number of rotatable bonds is 3. The third-order valence-corrected chi connectivity index (χ3v) is 3.09. The normalized spacial score (nSPS) is 13.0. The summed E-state index contributed by atoms with van der Waals surface area (Å²) in [5, 5.41) is 8.96.